The number of nitrogens with zero attached hydrogens (tertiary/aromatic N) is 4. The highest BCUT2D eigenvalue weighted by Gasteiger charge is 2.18. The van der Waals surface area contributed by atoms with Crippen LogP contribution >= 0.6 is 11.6 Å². The average molecular weight is 451 g/mol. The van der Waals surface area contributed by atoms with Gasteiger partial charge in [0, 0.05) is 17.3 Å². The minimum Gasteiger partial charge on any atom is -0.383 e. The van der Waals surface area contributed by atoms with E-state index in [9.17, 15) is 8.78 Å². The predicted molar refractivity (Wildman–Crippen MR) is 115 cm³/mol. The molecule has 0 fully saturated rings. The van der Waals surface area contributed by atoms with Crippen LogP contribution in [0.4, 0.5) is 14.6 Å². The first-order valence-corrected chi connectivity index (χ1v) is 9.73. The molecule has 0 spiro atoms. The van der Waals surface area contributed by atoms with E-state index in [1.807, 2.05) is 0 Å². The van der Waals surface area contributed by atoms with E-state index in [0.717, 1.165) is 0 Å². The third kappa shape index (κ3) is 3.58. The number of aromatic amines is 1. The Labute approximate surface area is 184 Å². The van der Waals surface area contributed by atoms with E-state index in [0.29, 0.717) is 28.3 Å². The lowest BCUT2D eigenvalue weighted by Crippen LogP contribution is -1.90. The van der Waals surface area contributed by atoms with E-state index in [-0.39, 0.29) is 33.9 Å². The lowest BCUT2D eigenvalue weighted by Gasteiger charge is -2.01. The first-order valence-electron chi connectivity index (χ1n) is 9.36. The molecule has 7 nitrogen and oxygen atoms in total. The molecule has 0 saturated carbocycles. The van der Waals surface area contributed by atoms with Gasteiger partial charge in [0.15, 0.2) is 0 Å². The van der Waals surface area contributed by atoms with Gasteiger partial charge in [-0.25, -0.2) is 13.8 Å². The van der Waals surface area contributed by atoms with E-state index in [4.69, 9.17) is 21.9 Å². The number of hydrogen-bond donors (Lipinski definition) is 2. The van der Waals surface area contributed by atoms with E-state index >= 15 is 0 Å². The summed E-state index contributed by atoms with van der Waals surface area (Å²) in [6.07, 6.45) is 1.54. The second kappa shape index (κ2) is 7.86. The maximum absolute atomic E-state index is 14.2. The number of hydrogen-bond acceptors (Lipinski definition) is 6. The van der Waals surface area contributed by atoms with Crippen molar-refractivity contribution in [3.8, 4) is 45.6 Å². The van der Waals surface area contributed by atoms with Crippen LogP contribution in [0.25, 0.3) is 45.6 Å². The van der Waals surface area contributed by atoms with Gasteiger partial charge in [-0.1, -0.05) is 22.8 Å². The fraction of sp³-hybridized carbons (Fsp3) is 0. The van der Waals surface area contributed by atoms with Gasteiger partial charge in [-0.2, -0.15) is 4.98 Å². The Balaban J connectivity index is 1.44. The SMILES string of the molecule is Nc1[nH]c(-c2c(F)cccc2Cl)nc1-c1ccc(-c2nc(-c3ccc(F)cc3)no2)nc1. The van der Waals surface area contributed by atoms with Crippen LogP contribution in [0.2, 0.25) is 5.02 Å². The molecule has 3 N–H and O–H groups in total. The molecule has 2 aromatic carbocycles. The zero-order valence-corrected chi connectivity index (χ0v) is 16.9. The van der Waals surface area contributed by atoms with Crippen molar-refractivity contribution in [2.24, 2.45) is 0 Å². The number of halogens is 3. The number of pyridine rings is 1. The van der Waals surface area contributed by atoms with Gasteiger partial charge in [-0.05, 0) is 48.5 Å². The summed E-state index contributed by atoms with van der Waals surface area (Å²) in [5.74, 6) is 0.0988. The highest BCUT2D eigenvalue weighted by Crippen LogP contribution is 2.33. The summed E-state index contributed by atoms with van der Waals surface area (Å²) in [5.41, 5.74) is 8.23. The summed E-state index contributed by atoms with van der Waals surface area (Å²) in [4.78, 5) is 15.9. The summed E-state index contributed by atoms with van der Waals surface area (Å²) in [6, 6.07) is 13.5. The topological polar surface area (TPSA) is 107 Å². The van der Waals surface area contributed by atoms with Crippen LogP contribution in [0.3, 0.4) is 0 Å². The zero-order chi connectivity index (χ0) is 22.2. The normalized spacial score (nSPS) is 11.1. The smallest absolute Gasteiger partial charge is 0.276 e. The first kappa shape index (κ1) is 19.8. The molecule has 0 aliphatic rings. The lowest BCUT2D eigenvalue weighted by atomic mass is 10.2. The highest BCUT2D eigenvalue weighted by atomic mass is 35.5. The monoisotopic (exact) mass is 450 g/mol. The van der Waals surface area contributed by atoms with E-state index < -0.39 is 5.82 Å². The highest BCUT2D eigenvalue weighted by molar-refractivity contribution is 6.33. The number of H-pyrrole nitrogens is 1. The number of imidazole rings is 1. The predicted octanol–water partition coefficient (Wildman–Crippen LogP) is 5.37. The molecule has 3 heterocycles. The van der Waals surface area contributed by atoms with Gasteiger partial charge in [-0.15, -0.1) is 0 Å². The van der Waals surface area contributed by atoms with Crippen LogP contribution in [-0.2, 0) is 0 Å². The van der Waals surface area contributed by atoms with Crippen molar-refractivity contribution >= 4 is 17.4 Å². The Morgan fingerprint density at radius 3 is 2.44 bits per heavy atom. The Bertz CT molecular complexity index is 1390. The zero-order valence-electron chi connectivity index (χ0n) is 16.2. The van der Waals surface area contributed by atoms with Gasteiger partial charge in [0.05, 0.1) is 10.6 Å². The Morgan fingerprint density at radius 1 is 0.938 bits per heavy atom. The van der Waals surface area contributed by atoms with E-state index in [1.165, 1.54) is 30.5 Å². The molecule has 0 radical (unpaired) electrons. The van der Waals surface area contributed by atoms with Crippen molar-refractivity contribution in [2.75, 3.05) is 5.73 Å². The molecule has 0 unspecified atom stereocenters. The van der Waals surface area contributed by atoms with Crippen LogP contribution in [0.5, 0.6) is 0 Å². The van der Waals surface area contributed by atoms with Crippen LogP contribution < -0.4 is 5.73 Å². The molecule has 0 bridgehead atoms. The Hall–Kier alpha value is -4.11. The van der Waals surface area contributed by atoms with Crippen LogP contribution in [0.15, 0.2) is 65.3 Å². The van der Waals surface area contributed by atoms with Crippen molar-refractivity contribution < 1.29 is 13.3 Å². The van der Waals surface area contributed by atoms with Crippen molar-refractivity contribution in [1.82, 2.24) is 25.1 Å². The van der Waals surface area contributed by atoms with E-state index in [1.54, 1.807) is 30.3 Å². The van der Waals surface area contributed by atoms with Gasteiger partial charge >= 0.3 is 0 Å². The van der Waals surface area contributed by atoms with Gasteiger partial charge in [0.1, 0.15) is 34.7 Å². The third-order valence-electron chi connectivity index (χ3n) is 4.72. The number of rotatable bonds is 4. The van der Waals surface area contributed by atoms with Gasteiger partial charge in [0.2, 0.25) is 5.82 Å². The summed E-state index contributed by atoms with van der Waals surface area (Å²) >= 11 is 6.12. The second-order valence-electron chi connectivity index (χ2n) is 6.81. The van der Waals surface area contributed by atoms with Crippen molar-refractivity contribution in [3.63, 3.8) is 0 Å². The minimum atomic E-state index is -0.514. The first-order chi connectivity index (χ1) is 15.5. The Kier molecular flexibility index (Phi) is 4.87. The maximum Gasteiger partial charge on any atom is 0.276 e. The summed E-state index contributed by atoms with van der Waals surface area (Å²) in [5, 5.41) is 4.12. The minimum absolute atomic E-state index is 0.135. The molecular weight excluding hydrogens is 438 g/mol. The number of anilines is 1. The average Bonchev–Trinajstić information content (AvgIpc) is 3.42. The van der Waals surface area contributed by atoms with Crippen molar-refractivity contribution in [1.29, 1.82) is 0 Å². The van der Waals surface area contributed by atoms with Gasteiger partial charge in [-0.3, -0.25) is 4.98 Å². The number of nitrogen functional groups attached to an aromatic ring is 1. The molecule has 0 amide bonds. The molecule has 0 saturated heterocycles. The summed E-state index contributed by atoms with van der Waals surface area (Å²) < 4.78 is 32.6. The van der Waals surface area contributed by atoms with E-state index in [2.05, 4.69) is 25.1 Å². The maximum atomic E-state index is 14.2. The number of benzene rings is 2. The van der Waals surface area contributed by atoms with Gasteiger partial charge < -0.3 is 15.2 Å². The molecule has 5 rings (SSSR count). The number of aromatic nitrogens is 5. The molecule has 0 aliphatic heterocycles. The largest absolute Gasteiger partial charge is 0.383 e. The van der Waals surface area contributed by atoms with Crippen LogP contribution in [0, 0.1) is 11.6 Å². The number of nitrogens with two attached hydrogens (primary N) is 1. The Morgan fingerprint density at radius 2 is 1.72 bits per heavy atom. The fourth-order valence-electron chi connectivity index (χ4n) is 3.15. The van der Waals surface area contributed by atoms with Crippen LogP contribution in [-0.4, -0.2) is 25.1 Å². The molecule has 5 aromatic rings. The summed E-state index contributed by atoms with van der Waals surface area (Å²) in [7, 11) is 0. The molecule has 0 atom stereocenters. The third-order valence-corrected chi connectivity index (χ3v) is 5.03. The van der Waals surface area contributed by atoms with Crippen LogP contribution in [0.1, 0.15) is 0 Å². The van der Waals surface area contributed by atoms with Crippen molar-refractivity contribution in [3.05, 3.63) is 77.5 Å². The number of nitrogens with one attached hydrogen (secondary N) is 1. The summed E-state index contributed by atoms with van der Waals surface area (Å²) in [6.45, 7) is 0. The molecule has 0 aliphatic carbocycles. The van der Waals surface area contributed by atoms with Crippen molar-refractivity contribution in [2.45, 2.75) is 0 Å². The fourth-order valence-corrected chi connectivity index (χ4v) is 3.41. The van der Waals surface area contributed by atoms with Gasteiger partial charge in [0.25, 0.3) is 5.89 Å². The standard InChI is InChI=1S/C22H13ClF2N6O/c23-14-2-1-3-15(25)17(14)21-28-18(19(26)29-21)12-6-9-16(27-10-12)22-30-20(31-32-22)11-4-7-13(24)8-5-11/h1-10H,26H2,(H,28,29). The molecule has 158 valence electrons. The molecule has 3 aromatic heterocycles. The molecular formula is C22H13ClF2N6O. The molecule has 10 heteroatoms. The quantitative estimate of drug-likeness (QED) is 0.381. The molecule has 32 heavy (non-hydrogen) atoms. The lowest BCUT2D eigenvalue weighted by molar-refractivity contribution is 0.431. The second-order valence-corrected chi connectivity index (χ2v) is 7.21.